The molecular weight excluding hydrogens is 446 g/mol. The number of fused-ring (bicyclic) bond motifs is 3. The highest BCUT2D eigenvalue weighted by Gasteiger charge is 2.36. The van der Waals surface area contributed by atoms with Crippen molar-refractivity contribution in [2.45, 2.75) is 37.8 Å². The van der Waals surface area contributed by atoms with Crippen molar-refractivity contribution >= 4 is 18.0 Å². The minimum absolute atomic E-state index is 0.0637. The predicted molar refractivity (Wildman–Crippen MR) is 132 cm³/mol. The van der Waals surface area contributed by atoms with Gasteiger partial charge < -0.3 is 25.0 Å². The number of carbonyl (C=O) groups is 3. The SMILES string of the molecule is C[C@H]1C[C@@H](C(=O)O)CCN1C(=O)[C@H](CN(C)C)NC(=O)OCC1c2ccccc2-c2ccccc21. The molecular formula is C27H33N3O5. The number of nitrogens with zero attached hydrogens (tertiary/aromatic N) is 2. The van der Waals surface area contributed by atoms with Crippen LogP contribution in [0.1, 0.15) is 36.8 Å². The third-order valence-corrected chi connectivity index (χ3v) is 6.99. The van der Waals surface area contributed by atoms with Crippen LogP contribution in [0.3, 0.4) is 0 Å². The molecule has 0 spiro atoms. The van der Waals surface area contributed by atoms with Crippen molar-refractivity contribution < 1.29 is 24.2 Å². The number of alkyl carbamates (subject to hydrolysis) is 1. The lowest BCUT2D eigenvalue weighted by molar-refractivity contribution is -0.148. The van der Waals surface area contributed by atoms with Gasteiger partial charge in [0.1, 0.15) is 12.6 Å². The number of likely N-dealkylation sites (N-methyl/N-ethyl adjacent to an activating group) is 1. The second-order valence-electron chi connectivity index (χ2n) is 9.72. The number of nitrogens with one attached hydrogen (secondary N) is 1. The highest BCUT2D eigenvalue weighted by molar-refractivity contribution is 5.86. The molecule has 0 unspecified atom stereocenters. The average Bonchev–Trinajstić information content (AvgIpc) is 3.15. The van der Waals surface area contributed by atoms with Crippen molar-refractivity contribution in [3.8, 4) is 11.1 Å². The number of aliphatic carboxylic acids is 1. The highest BCUT2D eigenvalue weighted by Crippen LogP contribution is 2.44. The first-order chi connectivity index (χ1) is 16.8. The molecule has 3 atom stereocenters. The Labute approximate surface area is 205 Å². The van der Waals surface area contributed by atoms with Crippen LogP contribution in [-0.4, -0.2) is 78.8 Å². The number of hydrogen-bond donors (Lipinski definition) is 2. The molecule has 8 nitrogen and oxygen atoms in total. The lowest BCUT2D eigenvalue weighted by atomic mass is 9.91. The largest absolute Gasteiger partial charge is 0.481 e. The van der Waals surface area contributed by atoms with Crippen molar-refractivity contribution in [3.05, 3.63) is 59.7 Å². The Hall–Kier alpha value is -3.39. The first-order valence-corrected chi connectivity index (χ1v) is 12.1. The molecule has 2 aromatic carbocycles. The number of ether oxygens (including phenoxy) is 1. The molecule has 4 rings (SSSR count). The summed E-state index contributed by atoms with van der Waals surface area (Å²) in [6, 6.07) is 15.2. The lowest BCUT2D eigenvalue weighted by Crippen LogP contribution is -2.57. The van der Waals surface area contributed by atoms with E-state index in [2.05, 4.69) is 29.6 Å². The van der Waals surface area contributed by atoms with Crippen LogP contribution in [0.2, 0.25) is 0 Å². The molecule has 8 heteroatoms. The number of benzene rings is 2. The third kappa shape index (κ3) is 5.32. The van der Waals surface area contributed by atoms with Crippen LogP contribution in [0, 0.1) is 5.92 Å². The van der Waals surface area contributed by atoms with Gasteiger partial charge in [-0.1, -0.05) is 48.5 Å². The molecule has 186 valence electrons. The first kappa shape index (κ1) is 24.7. The molecule has 35 heavy (non-hydrogen) atoms. The lowest BCUT2D eigenvalue weighted by Gasteiger charge is -2.38. The van der Waals surface area contributed by atoms with Gasteiger partial charge in [-0.3, -0.25) is 9.59 Å². The summed E-state index contributed by atoms with van der Waals surface area (Å²) in [5.41, 5.74) is 4.54. The van der Waals surface area contributed by atoms with Gasteiger partial charge in [0.05, 0.1) is 5.92 Å². The molecule has 1 heterocycles. The van der Waals surface area contributed by atoms with Crippen LogP contribution < -0.4 is 5.32 Å². The fourth-order valence-electron chi connectivity index (χ4n) is 5.26. The number of carboxylic acids is 1. The smallest absolute Gasteiger partial charge is 0.407 e. The summed E-state index contributed by atoms with van der Waals surface area (Å²) in [5.74, 6) is -1.56. The van der Waals surface area contributed by atoms with Crippen LogP contribution in [-0.2, 0) is 14.3 Å². The normalized spacial score (nSPS) is 20.2. The number of carboxylic acid groups (broad SMARTS) is 1. The predicted octanol–water partition coefficient (Wildman–Crippen LogP) is 3.17. The van der Waals surface area contributed by atoms with E-state index >= 15 is 0 Å². The van der Waals surface area contributed by atoms with E-state index in [0.29, 0.717) is 25.9 Å². The van der Waals surface area contributed by atoms with Gasteiger partial charge in [-0.25, -0.2) is 4.79 Å². The minimum atomic E-state index is -0.828. The summed E-state index contributed by atoms with van der Waals surface area (Å²) in [6.07, 6.45) is 0.172. The maximum Gasteiger partial charge on any atom is 0.407 e. The van der Waals surface area contributed by atoms with Crippen LogP contribution in [0.5, 0.6) is 0 Å². The fraction of sp³-hybridized carbons (Fsp3) is 0.444. The number of hydrogen-bond acceptors (Lipinski definition) is 5. The zero-order chi connectivity index (χ0) is 25.1. The minimum Gasteiger partial charge on any atom is -0.481 e. The Kier molecular flexibility index (Phi) is 7.40. The zero-order valence-electron chi connectivity index (χ0n) is 20.4. The summed E-state index contributed by atoms with van der Waals surface area (Å²) in [6.45, 7) is 2.69. The van der Waals surface area contributed by atoms with Gasteiger partial charge in [0.25, 0.3) is 0 Å². The average molecular weight is 480 g/mol. The van der Waals surface area contributed by atoms with E-state index in [9.17, 15) is 19.5 Å². The number of carbonyl (C=O) groups excluding carboxylic acids is 2. The Morgan fingerprint density at radius 3 is 2.23 bits per heavy atom. The number of rotatable bonds is 7. The number of amides is 2. The Balaban J connectivity index is 1.42. The molecule has 0 aromatic heterocycles. The van der Waals surface area contributed by atoms with Gasteiger partial charge in [0, 0.05) is 25.0 Å². The number of likely N-dealkylation sites (tertiary alicyclic amines) is 1. The van der Waals surface area contributed by atoms with E-state index in [-0.39, 0.29) is 24.5 Å². The van der Waals surface area contributed by atoms with Crippen LogP contribution in [0.4, 0.5) is 4.79 Å². The quantitative estimate of drug-likeness (QED) is 0.633. The van der Waals surface area contributed by atoms with Gasteiger partial charge in [0.2, 0.25) is 5.91 Å². The second kappa shape index (κ2) is 10.5. The molecule has 2 aromatic rings. The summed E-state index contributed by atoms with van der Waals surface area (Å²) >= 11 is 0. The molecule has 2 amide bonds. The molecule has 1 aliphatic heterocycles. The molecule has 0 radical (unpaired) electrons. The van der Waals surface area contributed by atoms with Crippen molar-refractivity contribution in [2.24, 2.45) is 5.92 Å². The van der Waals surface area contributed by atoms with Crippen LogP contribution in [0.15, 0.2) is 48.5 Å². The molecule has 0 saturated carbocycles. The monoisotopic (exact) mass is 479 g/mol. The van der Waals surface area contributed by atoms with Crippen LogP contribution in [0.25, 0.3) is 11.1 Å². The molecule has 1 aliphatic carbocycles. The van der Waals surface area contributed by atoms with Gasteiger partial charge in [-0.15, -0.1) is 0 Å². The van der Waals surface area contributed by atoms with Crippen molar-refractivity contribution in [1.29, 1.82) is 0 Å². The van der Waals surface area contributed by atoms with Gasteiger partial charge in [0.15, 0.2) is 0 Å². The second-order valence-corrected chi connectivity index (χ2v) is 9.72. The Morgan fingerprint density at radius 1 is 1.09 bits per heavy atom. The topological polar surface area (TPSA) is 99.2 Å². The number of piperidine rings is 1. The highest BCUT2D eigenvalue weighted by atomic mass is 16.5. The van der Waals surface area contributed by atoms with Gasteiger partial charge in [-0.2, -0.15) is 0 Å². The first-order valence-electron chi connectivity index (χ1n) is 12.1. The molecule has 2 N–H and O–H groups in total. The van der Waals surface area contributed by atoms with Crippen molar-refractivity contribution in [2.75, 3.05) is 33.8 Å². The fourth-order valence-corrected chi connectivity index (χ4v) is 5.26. The van der Waals surface area contributed by atoms with Crippen molar-refractivity contribution in [3.63, 3.8) is 0 Å². The van der Waals surface area contributed by atoms with Crippen LogP contribution >= 0.6 is 0 Å². The van der Waals surface area contributed by atoms with E-state index < -0.39 is 24.0 Å². The summed E-state index contributed by atoms with van der Waals surface area (Å²) in [7, 11) is 3.67. The van der Waals surface area contributed by atoms with E-state index in [0.717, 1.165) is 22.3 Å². The molecule has 1 saturated heterocycles. The summed E-state index contributed by atoms with van der Waals surface area (Å²) in [4.78, 5) is 41.0. The molecule has 0 bridgehead atoms. The molecule has 1 fully saturated rings. The maximum atomic E-state index is 13.3. The maximum absolute atomic E-state index is 13.3. The van der Waals surface area contributed by atoms with E-state index in [1.807, 2.05) is 50.2 Å². The Bertz CT molecular complexity index is 1060. The van der Waals surface area contributed by atoms with Gasteiger partial charge >= 0.3 is 12.1 Å². The van der Waals surface area contributed by atoms with Crippen molar-refractivity contribution in [1.82, 2.24) is 15.1 Å². The van der Waals surface area contributed by atoms with E-state index in [4.69, 9.17) is 4.74 Å². The molecule has 2 aliphatic rings. The summed E-state index contributed by atoms with van der Waals surface area (Å²) in [5, 5.41) is 12.1. The summed E-state index contributed by atoms with van der Waals surface area (Å²) < 4.78 is 5.65. The van der Waals surface area contributed by atoms with E-state index in [1.54, 1.807) is 4.90 Å². The standard InChI is InChI=1S/C27H33N3O5/c1-17-14-18(26(32)33)12-13-30(17)25(31)24(15-29(2)3)28-27(34)35-16-23-21-10-6-4-8-19(21)20-9-5-7-11-22(20)23/h4-11,17-18,23-24H,12-16H2,1-3H3,(H,28,34)(H,32,33)/t17-,18-,24-/m0/s1. The zero-order valence-corrected chi connectivity index (χ0v) is 20.4. The third-order valence-electron chi connectivity index (χ3n) is 6.99. The Morgan fingerprint density at radius 2 is 1.69 bits per heavy atom. The van der Waals surface area contributed by atoms with E-state index in [1.165, 1.54) is 0 Å². The van der Waals surface area contributed by atoms with Gasteiger partial charge in [-0.05, 0) is 56.1 Å².